The average Bonchev–Trinajstić information content (AvgIpc) is 3.17. The van der Waals surface area contributed by atoms with Crippen molar-refractivity contribution in [3.8, 4) is 9.75 Å². The van der Waals surface area contributed by atoms with Crippen LogP contribution in [0.3, 0.4) is 0 Å². The maximum absolute atomic E-state index is 3.86. The van der Waals surface area contributed by atoms with Crippen LogP contribution in [0.2, 0.25) is 0 Å². The quantitative estimate of drug-likeness (QED) is 0.185. The van der Waals surface area contributed by atoms with Gasteiger partial charge >= 0.3 is 0 Å². The first-order chi connectivity index (χ1) is 14.5. The lowest BCUT2D eigenvalue weighted by Gasteiger charge is -2.09. The minimum Gasteiger partial charge on any atom is -0.127 e. The van der Waals surface area contributed by atoms with E-state index in [0.717, 1.165) is 0 Å². The van der Waals surface area contributed by atoms with Crippen molar-refractivity contribution in [1.29, 1.82) is 0 Å². The Bertz CT molecular complexity index is 693. The number of rotatable bonds is 15. The third kappa shape index (κ3) is 7.74. The van der Waals surface area contributed by atoms with Crippen molar-refractivity contribution >= 4 is 54.5 Å². The second kappa shape index (κ2) is 14.5. The Balaban J connectivity index is 2.10. The summed E-state index contributed by atoms with van der Waals surface area (Å²) in [5, 5.41) is 0. The Kier molecular flexibility index (Phi) is 12.9. The van der Waals surface area contributed by atoms with E-state index in [0.29, 0.717) is 0 Å². The zero-order valence-corrected chi connectivity index (χ0v) is 24.3. The standard InChI is InChI=1S/C26H40Br2S2/c1-5-7-9-11-13-15-17-21-19(3)25(27)29-23(21)24-22(20(4)26(28)30-24)18-16-14-12-10-8-6-2/h5-18H2,1-4H3. The molecule has 0 aliphatic carbocycles. The molecule has 0 radical (unpaired) electrons. The predicted molar refractivity (Wildman–Crippen MR) is 147 cm³/mol. The highest BCUT2D eigenvalue weighted by molar-refractivity contribution is 9.11. The van der Waals surface area contributed by atoms with E-state index in [1.807, 2.05) is 22.7 Å². The van der Waals surface area contributed by atoms with E-state index in [1.54, 1.807) is 11.1 Å². The summed E-state index contributed by atoms with van der Waals surface area (Å²) >= 11 is 11.6. The van der Waals surface area contributed by atoms with Gasteiger partial charge in [-0.1, -0.05) is 78.1 Å². The van der Waals surface area contributed by atoms with Crippen LogP contribution in [0.4, 0.5) is 0 Å². The second-order valence-corrected chi connectivity index (χ2v) is 13.3. The van der Waals surface area contributed by atoms with Gasteiger partial charge in [-0.3, -0.25) is 0 Å². The lowest BCUT2D eigenvalue weighted by molar-refractivity contribution is 0.607. The molecule has 4 heteroatoms. The summed E-state index contributed by atoms with van der Waals surface area (Å²) in [7, 11) is 0. The molecule has 0 spiro atoms. The first-order valence-corrected chi connectivity index (χ1v) is 15.3. The van der Waals surface area contributed by atoms with E-state index in [4.69, 9.17) is 0 Å². The van der Waals surface area contributed by atoms with Gasteiger partial charge in [0, 0.05) is 9.75 Å². The van der Waals surface area contributed by atoms with Gasteiger partial charge in [0.2, 0.25) is 0 Å². The van der Waals surface area contributed by atoms with Crippen LogP contribution >= 0.6 is 54.5 Å². The van der Waals surface area contributed by atoms with Crippen molar-refractivity contribution in [2.75, 3.05) is 0 Å². The van der Waals surface area contributed by atoms with Gasteiger partial charge in [-0.15, -0.1) is 22.7 Å². The molecule has 0 N–H and O–H groups in total. The molecule has 2 aromatic heterocycles. The fourth-order valence-electron chi connectivity index (χ4n) is 4.17. The zero-order chi connectivity index (χ0) is 21.9. The highest BCUT2D eigenvalue weighted by Crippen LogP contribution is 2.47. The van der Waals surface area contributed by atoms with Crippen molar-refractivity contribution in [2.45, 2.75) is 118 Å². The lowest BCUT2D eigenvalue weighted by atomic mass is 9.98. The van der Waals surface area contributed by atoms with Gasteiger partial charge in [0.25, 0.3) is 0 Å². The molecule has 2 aromatic rings. The maximum Gasteiger partial charge on any atom is 0.0737 e. The Morgan fingerprint density at radius 3 is 1.23 bits per heavy atom. The molecule has 0 nitrogen and oxygen atoms in total. The molecule has 0 aliphatic heterocycles. The molecule has 0 fully saturated rings. The first kappa shape index (κ1) is 26.6. The molecule has 0 atom stereocenters. The van der Waals surface area contributed by atoms with Crippen LogP contribution in [0.15, 0.2) is 7.57 Å². The smallest absolute Gasteiger partial charge is 0.0737 e. The Morgan fingerprint density at radius 1 is 0.533 bits per heavy atom. The van der Waals surface area contributed by atoms with Gasteiger partial charge in [0.05, 0.1) is 7.57 Å². The van der Waals surface area contributed by atoms with Crippen molar-refractivity contribution in [3.05, 3.63) is 29.8 Å². The molecule has 0 unspecified atom stereocenters. The van der Waals surface area contributed by atoms with Crippen LogP contribution in [-0.4, -0.2) is 0 Å². The Labute approximate surface area is 210 Å². The Hall–Kier alpha value is 0.360. The van der Waals surface area contributed by atoms with Crippen molar-refractivity contribution in [2.24, 2.45) is 0 Å². The molecular formula is C26H40Br2S2. The Morgan fingerprint density at radius 2 is 0.867 bits per heavy atom. The molecule has 30 heavy (non-hydrogen) atoms. The molecular weight excluding hydrogens is 536 g/mol. The number of unbranched alkanes of at least 4 members (excludes halogenated alkanes) is 10. The molecule has 170 valence electrons. The van der Waals surface area contributed by atoms with Gasteiger partial charge in [0.15, 0.2) is 0 Å². The van der Waals surface area contributed by atoms with E-state index in [-0.39, 0.29) is 0 Å². The molecule has 0 bridgehead atoms. The molecule has 0 aliphatic rings. The van der Waals surface area contributed by atoms with Crippen molar-refractivity contribution < 1.29 is 0 Å². The normalized spacial score (nSPS) is 11.5. The number of hydrogen-bond donors (Lipinski definition) is 0. The fraction of sp³-hybridized carbons (Fsp3) is 0.692. The highest BCUT2D eigenvalue weighted by atomic mass is 79.9. The van der Waals surface area contributed by atoms with Crippen molar-refractivity contribution in [3.63, 3.8) is 0 Å². The van der Waals surface area contributed by atoms with E-state index in [9.17, 15) is 0 Å². The number of thiophene rings is 2. The number of hydrogen-bond acceptors (Lipinski definition) is 2. The predicted octanol–water partition coefficient (Wildman–Crippen LogP) is 11.4. The summed E-state index contributed by atoms with van der Waals surface area (Å²) in [5.41, 5.74) is 6.13. The average molecular weight is 577 g/mol. The minimum absolute atomic E-state index is 1.22. The van der Waals surface area contributed by atoms with Gasteiger partial charge in [-0.25, -0.2) is 0 Å². The van der Waals surface area contributed by atoms with Crippen LogP contribution in [0, 0.1) is 13.8 Å². The summed E-state index contributed by atoms with van der Waals surface area (Å²) in [6.45, 7) is 9.20. The van der Waals surface area contributed by atoms with Crippen LogP contribution < -0.4 is 0 Å². The monoisotopic (exact) mass is 574 g/mol. The molecule has 0 amide bonds. The zero-order valence-electron chi connectivity index (χ0n) is 19.5. The van der Waals surface area contributed by atoms with Crippen LogP contribution in [-0.2, 0) is 12.8 Å². The second-order valence-electron chi connectivity index (χ2n) is 8.65. The maximum atomic E-state index is 3.86. The fourth-order valence-corrected chi connectivity index (χ4v) is 7.97. The van der Waals surface area contributed by atoms with Crippen molar-refractivity contribution in [1.82, 2.24) is 0 Å². The topological polar surface area (TPSA) is 0 Å². The van der Waals surface area contributed by atoms with Crippen LogP contribution in [0.5, 0.6) is 0 Å². The molecule has 0 saturated heterocycles. The molecule has 2 heterocycles. The van der Waals surface area contributed by atoms with Crippen LogP contribution in [0.1, 0.15) is 113 Å². The van der Waals surface area contributed by atoms with E-state index >= 15 is 0 Å². The molecule has 0 aromatic carbocycles. The summed E-state index contributed by atoms with van der Waals surface area (Å²) in [5.74, 6) is 0. The summed E-state index contributed by atoms with van der Waals surface area (Å²) in [6, 6.07) is 0. The van der Waals surface area contributed by atoms with E-state index < -0.39 is 0 Å². The van der Waals surface area contributed by atoms with Gasteiger partial charge in [-0.2, -0.15) is 0 Å². The molecule has 2 rings (SSSR count). The molecule has 0 saturated carbocycles. The third-order valence-electron chi connectivity index (χ3n) is 6.19. The first-order valence-electron chi connectivity index (χ1n) is 12.1. The summed E-state index contributed by atoms with van der Waals surface area (Å²) in [4.78, 5) is 3.07. The summed E-state index contributed by atoms with van der Waals surface area (Å²) < 4.78 is 2.65. The number of halogens is 2. The highest BCUT2D eigenvalue weighted by Gasteiger charge is 2.21. The SMILES string of the molecule is CCCCCCCCc1c(-c2sc(Br)c(C)c2CCCCCCCC)sc(Br)c1C. The largest absolute Gasteiger partial charge is 0.127 e. The van der Waals surface area contributed by atoms with Gasteiger partial charge in [-0.05, 0) is 93.6 Å². The lowest BCUT2D eigenvalue weighted by Crippen LogP contribution is -1.93. The summed E-state index contributed by atoms with van der Waals surface area (Å²) in [6.07, 6.45) is 18.8. The minimum atomic E-state index is 1.22. The van der Waals surface area contributed by atoms with Gasteiger partial charge in [0.1, 0.15) is 0 Å². The van der Waals surface area contributed by atoms with Gasteiger partial charge < -0.3 is 0 Å². The van der Waals surface area contributed by atoms with E-state index in [1.165, 1.54) is 118 Å². The van der Waals surface area contributed by atoms with E-state index in [2.05, 4.69) is 59.6 Å². The third-order valence-corrected chi connectivity index (χ3v) is 10.8. The van der Waals surface area contributed by atoms with Crippen LogP contribution in [0.25, 0.3) is 9.75 Å².